The van der Waals surface area contributed by atoms with Crippen LogP contribution in [0, 0.1) is 5.92 Å². The molecule has 1 aliphatic heterocycles. The summed E-state index contributed by atoms with van der Waals surface area (Å²) in [5.41, 5.74) is 10.0. The van der Waals surface area contributed by atoms with Gasteiger partial charge in [-0.2, -0.15) is 0 Å². The lowest BCUT2D eigenvalue weighted by Crippen LogP contribution is -2.51. The van der Waals surface area contributed by atoms with Gasteiger partial charge in [0.25, 0.3) is 0 Å². The predicted molar refractivity (Wildman–Crippen MR) is 141 cm³/mol. The average Bonchev–Trinajstić information content (AvgIpc) is 3.52. The van der Waals surface area contributed by atoms with Gasteiger partial charge in [0.15, 0.2) is 0 Å². The highest BCUT2D eigenvalue weighted by atomic mass is 16.4. The van der Waals surface area contributed by atoms with E-state index in [-0.39, 0.29) is 24.2 Å². The Balaban J connectivity index is 1.15. The van der Waals surface area contributed by atoms with Gasteiger partial charge in [0.2, 0.25) is 11.8 Å². The molecule has 0 unspecified atom stereocenters. The second kappa shape index (κ2) is 10.5. The summed E-state index contributed by atoms with van der Waals surface area (Å²) in [5, 5.41) is 14.5. The summed E-state index contributed by atoms with van der Waals surface area (Å²) in [6, 6.07) is 13.9. The van der Waals surface area contributed by atoms with E-state index < -0.39 is 18.1 Å². The summed E-state index contributed by atoms with van der Waals surface area (Å²) >= 11 is 0. The lowest BCUT2D eigenvalue weighted by Gasteiger charge is -2.33. The molecule has 0 radical (unpaired) electrons. The van der Waals surface area contributed by atoms with E-state index >= 15 is 0 Å². The van der Waals surface area contributed by atoms with Crippen molar-refractivity contribution in [2.75, 3.05) is 13.1 Å². The average molecular weight is 502 g/mol. The summed E-state index contributed by atoms with van der Waals surface area (Å²) in [4.78, 5) is 45.9. The Morgan fingerprint density at radius 2 is 1.46 bits per heavy atom. The van der Waals surface area contributed by atoms with Crippen LogP contribution in [0.25, 0.3) is 21.8 Å². The normalized spacial score (nSPS) is 16.1. The van der Waals surface area contributed by atoms with E-state index in [4.69, 9.17) is 5.73 Å². The van der Waals surface area contributed by atoms with Crippen LogP contribution in [0.3, 0.4) is 0 Å². The van der Waals surface area contributed by atoms with E-state index in [0.29, 0.717) is 32.4 Å². The maximum atomic E-state index is 13.0. The van der Waals surface area contributed by atoms with Crippen molar-refractivity contribution in [3.63, 3.8) is 0 Å². The maximum absolute atomic E-state index is 13.0. The zero-order chi connectivity index (χ0) is 25.9. The van der Waals surface area contributed by atoms with Crippen LogP contribution in [0.1, 0.15) is 24.0 Å². The molecule has 37 heavy (non-hydrogen) atoms. The molecule has 4 aromatic rings. The highest BCUT2D eigenvalue weighted by molar-refractivity contribution is 5.88. The van der Waals surface area contributed by atoms with Crippen LogP contribution in [0.4, 0.5) is 0 Å². The number of carboxylic acid groups (broad SMARTS) is 1. The topological polar surface area (TPSA) is 144 Å². The SMILES string of the molecule is N[C@@H](Cc1c[nH]c2ccccc12)C(=O)N1CCC(C(=O)N[C@@H](Cc2c[nH]c3ccccc23)C(=O)O)CC1. The Morgan fingerprint density at radius 3 is 2.03 bits per heavy atom. The first kappa shape index (κ1) is 24.6. The van der Waals surface area contributed by atoms with E-state index in [1.54, 1.807) is 11.1 Å². The summed E-state index contributed by atoms with van der Waals surface area (Å²) in [6.07, 6.45) is 5.23. The number of benzene rings is 2. The van der Waals surface area contributed by atoms with Crippen LogP contribution < -0.4 is 11.1 Å². The molecule has 1 fully saturated rings. The number of carbonyl (C=O) groups excluding carboxylic acids is 2. The van der Waals surface area contributed by atoms with Gasteiger partial charge in [0.05, 0.1) is 6.04 Å². The van der Waals surface area contributed by atoms with Gasteiger partial charge in [0, 0.05) is 59.6 Å². The lowest BCUT2D eigenvalue weighted by atomic mass is 9.94. The first-order chi connectivity index (χ1) is 17.9. The van der Waals surface area contributed by atoms with Crippen LogP contribution in [-0.4, -0.2) is 62.9 Å². The Bertz CT molecular complexity index is 1430. The fraction of sp³-hybridized carbons (Fsp3) is 0.321. The molecule has 0 spiro atoms. The zero-order valence-corrected chi connectivity index (χ0v) is 20.4. The molecule has 0 bridgehead atoms. The Morgan fingerprint density at radius 1 is 0.919 bits per heavy atom. The lowest BCUT2D eigenvalue weighted by molar-refractivity contribution is -0.143. The molecular formula is C28H31N5O4. The van der Waals surface area contributed by atoms with Crippen molar-refractivity contribution in [2.24, 2.45) is 11.7 Å². The van der Waals surface area contributed by atoms with Crippen molar-refractivity contribution >= 4 is 39.6 Å². The van der Waals surface area contributed by atoms with Gasteiger partial charge in [-0.05, 0) is 42.5 Å². The molecule has 9 heteroatoms. The minimum Gasteiger partial charge on any atom is -0.480 e. The molecule has 2 atom stereocenters. The van der Waals surface area contributed by atoms with Crippen molar-refractivity contribution in [3.8, 4) is 0 Å². The molecule has 2 aromatic carbocycles. The van der Waals surface area contributed by atoms with E-state index in [2.05, 4.69) is 15.3 Å². The van der Waals surface area contributed by atoms with Crippen molar-refractivity contribution in [3.05, 3.63) is 72.1 Å². The number of carbonyl (C=O) groups is 3. The molecule has 9 nitrogen and oxygen atoms in total. The predicted octanol–water partition coefficient (Wildman–Crippen LogP) is 2.57. The Labute approximate surface area is 214 Å². The number of rotatable bonds is 8. The van der Waals surface area contributed by atoms with Crippen LogP contribution in [-0.2, 0) is 27.2 Å². The van der Waals surface area contributed by atoms with Gasteiger partial charge in [-0.15, -0.1) is 0 Å². The van der Waals surface area contributed by atoms with Gasteiger partial charge >= 0.3 is 5.97 Å². The number of H-pyrrole nitrogens is 2. The van der Waals surface area contributed by atoms with Crippen molar-refractivity contribution in [1.82, 2.24) is 20.2 Å². The molecule has 2 aromatic heterocycles. The number of aromatic amines is 2. The molecule has 192 valence electrons. The van der Waals surface area contributed by atoms with Gasteiger partial charge < -0.3 is 31.0 Å². The maximum Gasteiger partial charge on any atom is 0.326 e. The van der Waals surface area contributed by atoms with Crippen molar-refractivity contribution < 1.29 is 19.5 Å². The molecule has 0 saturated carbocycles. The number of para-hydroxylation sites is 2. The van der Waals surface area contributed by atoms with Crippen LogP contribution >= 0.6 is 0 Å². The third-order valence-corrected chi connectivity index (χ3v) is 7.32. The minimum absolute atomic E-state index is 0.133. The minimum atomic E-state index is -1.07. The molecule has 0 aliphatic carbocycles. The standard InChI is InChI=1S/C28H31N5O4/c29-22(13-18-15-30-23-7-3-1-5-20(18)23)27(35)33-11-9-17(10-12-33)26(34)32-25(28(36)37)14-19-16-31-24-8-4-2-6-21(19)24/h1-8,15-17,22,25,30-31H,9-14,29H2,(H,32,34)(H,36,37)/t22-,25-/m0/s1. The number of nitrogens with zero attached hydrogens (tertiary/aromatic N) is 1. The summed E-state index contributed by atoms with van der Waals surface area (Å²) < 4.78 is 0. The van der Waals surface area contributed by atoms with Gasteiger partial charge in [-0.25, -0.2) is 4.79 Å². The first-order valence-electron chi connectivity index (χ1n) is 12.6. The third kappa shape index (κ3) is 5.22. The molecule has 3 heterocycles. The van der Waals surface area contributed by atoms with Crippen molar-refractivity contribution in [2.45, 2.75) is 37.8 Å². The summed E-state index contributed by atoms with van der Waals surface area (Å²) in [5.74, 6) is -1.84. The smallest absolute Gasteiger partial charge is 0.326 e. The molecule has 1 saturated heterocycles. The van der Waals surface area contributed by atoms with E-state index in [1.165, 1.54) is 0 Å². The molecule has 2 amide bonds. The molecule has 1 aliphatic rings. The highest BCUT2D eigenvalue weighted by Crippen LogP contribution is 2.23. The number of likely N-dealkylation sites (tertiary alicyclic amines) is 1. The zero-order valence-electron chi connectivity index (χ0n) is 20.4. The second-order valence-electron chi connectivity index (χ2n) is 9.73. The van der Waals surface area contributed by atoms with Gasteiger partial charge in [-0.1, -0.05) is 36.4 Å². The first-order valence-corrected chi connectivity index (χ1v) is 12.6. The number of hydrogen-bond acceptors (Lipinski definition) is 4. The quantitative estimate of drug-likeness (QED) is 0.252. The fourth-order valence-corrected chi connectivity index (χ4v) is 5.23. The largest absolute Gasteiger partial charge is 0.480 e. The summed E-state index contributed by atoms with van der Waals surface area (Å²) in [7, 11) is 0. The monoisotopic (exact) mass is 501 g/mol. The van der Waals surface area contributed by atoms with Crippen LogP contribution in [0.15, 0.2) is 60.9 Å². The third-order valence-electron chi connectivity index (χ3n) is 7.32. The number of nitrogens with two attached hydrogens (primary N) is 1. The van der Waals surface area contributed by atoms with Crippen LogP contribution in [0.2, 0.25) is 0 Å². The number of fused-ring (bicyclic) bond motifs is 2. The van der Waals surface area contributed by atoms with Gasteiger partial charge in [-0.3, -0.25) is 9.59 Å². The molecular weight excluding hydrogens is 470 g/mol. The Kier molecular flexibility index (Phi) is 6.96. The highest BCUT2D eigenvalue weighted by Gasteiger charge is 2.32. The molecule has 5 rings (SSSR count). The van der Waals surface area contributed by atoms with Gasteiger partial charge in [0.1, 0.15) is 6.04 Å². The second-order valence-corrected chi connectivity index (χ2v) is 9.73. The number of aliphatic carboxylic acids is 1. The molecule has 6 N–H and O–H groups in total. The van der Waals surface area contributed by atoms with Crippen molar-refractivity contribution in [1.29, 1.82) is 0 Å². The number of aromatic nitrogens is 2. The van der Waals surface area contributed by atoms with E-state index in [1.807, 2.05) is 54.7 Å². The number of nitrogens with one attached hydrogen (secondary N) is 3. The number of hydrogen-bond donors (Lipinski definition) is 5. The number of carboxylic acids is 1. The van der Waals surface area contributed by atoms with E-state index in [9.17, 15) is 19.5 Å². The number of amides is 2. The van der Waals surface area contributed by atoms with E-state index in [0.717, 1.165) is 32.9 Å². The fourth-order valence-electron chi connectivity index (χ4n) is 5.23. The number of piperidine rings is 1. The Hall–Kier alpha value is -4.11. The van der Waals surface area contributed by atoms with Crippen LogP contribution in [0.5, 0.6) is 0 Å². The summed E-state index contributed by atoms with van der Waals surface area (Å²) in [6.45, 7) is 0.831.